The van der Waals surface area contributed by atoms with E-state index >= 15 is 0 Å². The smallest absolute Gasteiger partial charge is 0.323 e. The van der Waals surface area contributed by atoms with Gasteiger partial charge in [0.2, 0.25) is 0 Å². The molecule has 0 bridgehead atoms. The van der Waals surface area contributed by atoms with E-state index in [1.165, 1.54) is 13.5 Å². The predicted molar refractivity (Wildman–Crippen MR) is 50.2 cm³/mol. The van der Waals surface area contributed by atoms with Crippen LogP contribution in [0.5, 0.6) is 0 Å². The highest BCUT2D eigenvalue weighted by Gasteiger charge is 2.23. The van der Waals surface area contributed by atoms with Crippen molar-refractivity contribution in [1.82, 2.24) is 4.90 Å². The molecule has 2 unspecified atom stereocenters. The Labute approximate surface area is 79.0 Å². The lowest BCUT2D eigenvalue weighted by atomic mass is 10.2. The number of rotatable bonds is 3. The standard InChI is InChI=1S/C9H18N2O2/c1-7-3-4-11(5-7)6-8(10)9(12)13-2/h7-8H,3-6,10H2,1-2H3. The average molecular weight is 186 g/mol. The summed E-state index contributed by atoms with van der Waals surface area (Å²) in [4.78, 5) is 13.2. The maximum atomic E-state index is 11.0. The van der Waals surface area contributed by atoms with E-state index in [1.54, 1.807) is 0 Å². The first-order valence-corrected chi connectivity index (χ1v) is 4.69. The van der Waals surface area contributed by atoms with Crippen LogP contribution in [0.15, 0.2) is 0 Å². The minimum absolute atomic E-state index is 0.320. The van der Waals surface area contributed by atoms with Crippen molar-refractivity contribution in [2.24, 2.45) is 11.7 Å². The number of ether oxygens (including phenoxy) is 1. The number of hydrogen-bond acceptors (Lipinski definition) is 4. The van der Waals surface area contributed by atoms with Gasteiger partial charge in [0.1, 0.15) is 6.04 Å². The summed E-state index contributed by atoms with van der Waals surface area (Å²) in [6.45, 7) is 4.93. The molecule has 0 saturated carbocycles. The molecule has 1 aliphatic rings. The van der Waals surface area contributed by atoms with Crippen LogP contribution in [0.1, 0.15) is 13.3 Å². The van der Waals surface area contributed by atoms with Crippen molar-refractivity contribution in [2.75, 3.05) is 26.7 Å². The first kappa shape index (κ1) is 10.5. The second kappa shape index (κ2) is 4.58. The number of likely N-dealkylation sites (tertiary alicyclic amines) is 1. The second-order valence-electron chi connectivity index (χ2n) is 3.78. The lowest BCUT2D eigenvalue weighted by Gasteiger charge is -2.18. The second-order valence-corrected chi connectivity index (χ2v) is 3.78. The molecule has 1 saturated heterocycles. The van der Waals surface area contributed by atoms with Crippen LogP contribution in [-0.2, 0) is 9.53 Å². The van der Waals surface area contributed by atoms with E-state index in [1.807, 2.05) is 0 Å². The van der Waals surface area contributed by atoms with E-state index in [-0.39, 0.29) is 5.97 Å². The highest BCUT2D eigenvalue weighted by Crippen LogP contribution is 2.14. The Kier molecular flexibility index (Phi) is 3.69. The van der Waals surface area contributed by atoms with Crippen LogP contribution in [0.4, 0.5) is 0 Å². The van der Waals surface area contributed by atoms with E-state index in [9.17, 15) is 4.79 Å². The van der Waals surface area contributed by atoms with E-state index < -0.39 is 6.04 Å². The van der Waals surface area contributed by atoms with Gasteiger partial charge in [-0.15, -0.1) is 0 Å². The molecule has 1 fully saturated rings. The molecule has 0 aromatic carbocycles. The lowest BCUT2D eigenvalue weighted by molar-refractivity contribution is -0.142. The zero-order valence-corrected chi connectivity index (χ0v) is 8.32. The van der Waals surface area contributed by atoms with Crippen molar-refractivity contribution >= 4 is 5.97 Å². The van der Waals surface area contributed by atoms with Crippen LogP contribution >= 0.6 is 0 Å². The zero-order valence-electron chi connectivity index (χ0n) is 8.32. The van der Waals surface area contributed by atoms with Crippen LogP contribution in [0.3, 0.4) is 0 Å². The van der Waals surface area contributed by atoms with Gasteiger partial charge in [-0.3, -0.25) is 4.79 Å². The van der Waals surface area contributed by atoms with E-state index in [0.717, 1.165) is 19.0 Å². The van der Waals surface area contributed by atoms with Gasteiger partial charge in [-0.05, 0) is 18.9 Å². The molecule has 0 aromatic rings. The highest BCUT2D eigenvalue weighted by atomic mass is 16.5. The molecule has 4 heteroatoms. The van der Waals surface area contributed by atoms with Crippen LogP contribution in [0.25, 0.3) is 0 Å². The maximum Gasteiger partial charge on any atom is 0.323 e. The lowest BCUT2D eigenvalue weighted by Crippen LogP contribution is -2.42. The van der Waals surface area contributed by atoms with Crippen LogP contribution in [0, 0.1) is 5.92 Å². The first-order chi connectivity index (χ1) is 6.13. The van der Waals surface area contributed by atoms with Gasteiger partial charge in [-0.2, -0.15) is 0 Å². The molecule has 0 aliphatic carbocycles. The Hall–Kier alpha value is -0.610. The van der Waals surface area contributed by atoms with Crippen molar-refractivity contribution in [1.29, 1.82) is 0 Å². The molecular weight excluding hydrogens is 168 g/mol. The molecule has 1 aliphatic heterocycles. The van der Waals surface area contributed by atoms with Crippen molar-refractivity contribution in [3.8, 4) is 0 Å². The van der Waals surface area contributed by atoms with Crippen LogP contribution in [0.2, 0.25) is 0 Å². The molecule has 1 rings (SSSR count). The molecule has 4 nitrogen and oxygen atoms in total. The van der Waals surface area contributed by atoms with Crippen LogP contribution < -0.4 is 5.73 Å². The van der Waals surface area contributed by atoms with Gasteiger partial charge in [0.15, 0.2) is 0 Å². The Morgan fingerprint density at radius 2 is 2.46 bits per heavy atom. The SMILES string of the molecule is COC(=O)C(N)CN1CCC(C)C1. The van der Waals surface area contributed by atoms with Gasteiger partial charge in [-0.25, -0.2) is 0 Å². The summed E-state index contributed by atoms with van der Waals surface area (Å²) in [5, 5.41) is 0. The fourth-order valence-electron chi connectivity index (χ4n) is 1.70. The van der Waals surface area contributed by atoms with Crippen molar-refractivity contribution in [3.05, 3.63) is 0 Å². The first-order valence-electron chi connectivity index (χ1n) is 4.69. The molecule has 0 radical (unpaired) electrons. The molecule has 13 heavy (non-hydrogen) atoms. The molecular formula is C9H18N2O2. The van der Waals surface area contributed by atoms with Crippen LogP contribution in [-0.4, -0.2) is 43.7 Å². The Bertz CT molecular complexity index is 184. The van der Waals surface area contributed by atoms with E-state index in [4.69, 9.17) is 5.73 Å². The number of carbonyl (C=O) groups is 1. The molecule has 76 valence electrons. The number of hydrogen-bond donors (Lipinski definition) is 1. The molecule has 0 spiro atoms. The summed E-state index contributed by atoms with van der Waals surface area (Å²) in [6.07, 6.45) is 1.20. The quantitative estimate of drug-likeness (QED) is 0.622. The van der Waals surface area contributed by atoms with Crippen molar-refractivity contribution < 1.29 is 9.53 Å². The van der Waals surface area contributed by atoms with E-state index in [0.29, 0.717) is 6.54 Å². The fraction of sp³-hybridized carbons (Fsp3) is 0.889. The molecule has 0 aromatic heterocycles. The number of nitrogens with two attached hydrogens (primary N) is 1. The van der Waals surface area contributed by atoms with Gasteiger partial charge in [0.05, 0.1) is 7.11 Å². The number of nitrogens with zero attached hydrogens (tertiary/aromatic N) is 1. The topological polar surface area (TPSA) is 55.6 Å². The van der Waals surface area contributed by atoms with E-state index in [2.05, 4.69) is 16.6 Å². The average Bonchev–Trinajstić information content (AvgIpc) is 2.49. The molecule has 1 heterocycles. The van der Waals surface area contributed by atoms with Gasteiger partial charge < -0.3 is 15.4 Å². The Morgan fingerprint density at radius 3 is 2.92 bits per heavy atom. The highest BCUT2D eigenvalue weighted by molar-refractivity contribution is 5.75. The summed E-state index contributed by atoms with van der Waals surface area (Å²) in [5.41, 5.74) is 5.64. The predicted octanol–water partition coefficient (Wildman–Crippen LogP) is -0.171. The van der Waals surface area contributed by atoms with Gasteiger partial charge >= 0.3 is 5.97 Å². The third-order valence-electron chi connectivity index (χ3n) is 2.47. The van der Waals surface area contributed by atoms with Crippen molar-refractivity contribution in [2.45, 2.75) is 19.4 Å². The summed E-state index contributed by atoms with van der Waals surface area (Å²) >= 11 is 0. The van der Waals surface area contributed by atoms with Gasteiger partial charge in [0, 0.05) is 13.1 Å². The molecule has 2 atom stereocenters. The summed E-state index contributed by atoms with van der Waals surface area (Å²) in [5.74, 6) is 0.407. The Morgan fingerprint density at radius 1 is 1.77 bits per heavy atom. The van der Waals surface area contributed by atoms with Gasteiger partial charge in [-0.1, -0.05) is 6.92 Å². The third kappa shape index (κ3) is 2.97. The number of methoxy groups -OCH3 is 1. The van der Waals surface area contributed by atoms with Crippen molar-refractivity contribution in [3.63, 3.8) is 0 Å². The molecule has 0 amide bonds. The number of carbonyl (C=O) groups excluding carboxylic acids is 1. The van der Waals surface area contributed by atoms with Gasteiger partial charge in [0.25, 0.3) is 0 Å². The minimum atomic E-state index is -0.490. The minimum Gasteiger partial charge on any atom is -0.468 e. The third-order valence-corrected chi connectivity index (χ3v) is 2.47. The fourth-order valence-corrected chi connectivity index (χ4v) is 1.70. The zero-order chi connectivity index (χ0) is 9.84. The largest absolute Gasteiger partial charge is 0.468 e. The normalized spacial score (nSPS) is 25.9. The summed E-state index contributed by atoms with van der Waals surface area (Å²) in [7, 11) is 1.37. The molecule has 2 N–H and O–H groups in total. The monoisotopic (exact) mass is 186 g/mol. The maximum absolute atomic E-state index is 11.0. The number of esters is 1. The summed E-state index contributed by atoms with van der Waals surface area (Å²) in [6, 6.07) is -0.490. The summed E-state index contributed by atoms with van der Waals surface area (Å²) < 4.78 is 4.56. The Balaban J connectivity index is 2.28.